The second-order valence-corrected chi connectivity index (χ2v) is 5.83. The van der Waals surface area contributed by atoms with Crippen LogP contribution in [0.3, 0.4) is 0 Å². The molecule has 0 bridgehead atoms. The van der Waals surface area contributed by atoms with E-state index in [0.29, 0.717) is 16.1 Å². The summed E-state index contributed by atoms with van der Waals surface area (Å²) >= 11 is 12.1. The van der Waals surface area contributed by atoms with E-state index < -0.39 is 0 Å². The molecule has 0 fully saturated rings. The normalized spacial score (nSPS) is 12.4. The van der Waals surface area contributed by atoms with Crippen LogP contribution in [0.2, 0.25) is 10.0 Å². The van der Waals surface area contributed by atoms with Gasteiger partial charge in [-0.2, -0.15) is 0 Å². The molecule has 20 heavy (non-hydrogen) atoms. The van der Waals surface area contributed by atoms with Gasteiger partial charge in [0.15, 0.2) is 0 Å². The van der Waals surface area contributed by atoms with E-state index >= 15 is 0 Å². The second kappa shape index (κ2) is 7.12. The molecule has 0 aromatic heterocycles. The third-order valence-electron chi connectivity index (χ3n) is 3.44. The zero-order chi connectivity index (χ0) is 14.5. The molecule has 0 amide bonds. The first-order chi connectivity index (χ1) is 9.60. The van der Waals surface area contributed by atoms with Gasteiger partial charge in [0, 0.05) is 22.6 Å². The molecular weight excluding hydrogens is 289 g/mol. The van der Waals surface area contributed by atoms with Crippen LogP contribution in [0.15, 0.2) is 42.5 Å². The molecule has 1 atom stereocenters. The van der Waals surface area contributed by atoms with Gasteiger partial charge in [-0.15, -0.1) is 0 Å². The molecule has 0 heterocycles. The summed E-state index contributed by atoms with van der Waals surface area (Å²) in [6.07, 6.45) is 1.04. The number of rotatable bonds is 5. The van der Waals surface area contributed by atoms with Crippen molar-refractivity contribution in [3.63, 3.8) is 0 Å². The van der Waals surface area contributed by atoms with Crippen LogP contribution in [0.1, 0.15) is 36.1 Å². The molecule has 2 aromatic rings. The molecule has 2 rings (SSSR count). The van der Waals surface area contributed by atoms with E-state index in [4.69, 9.17) is 23.2 Å². The van der Waals surface area contributed by atoms with Crippen molar-refractivity contribution in [1.82, 2.24) is 5.32 Å². The Hall–Kier alpha value is -1.02. The van der Waals surface area contributed by atoms with Crippen LogP contribution >= 0.6 is 23.2 Å². The summed E-state index contributed by atoms with van der Waals surface area (Å²) in [6, 6.07) is 14.6. The Morgan fingerprint density at radius 3 is 2.35 bits per heavy atom. The van der Waals surface area contributed by atoms with Crippen molar-refractivity contribution in [3.8, 4) is 0 Å². The topological polar surface area (TPSA) is 12.0 Å². The quantitative estimate of drug-likeness (QED) is 0.764. The van der Waals surface area contributed by atoms with Gasteiger partial charge in [0.1, 0.15) is 0 Å². The first-order valence-corrected chi connectivity index (χ1v) is 7.59. The first kappa shape index (κ1) is 15.4. The summed E-state index contributed by atoms with van der Waals surface area (Å²) in [7, 11) is 0. The zero-order valence-corrected chi connectivity index (χ0v) is 13.3. The lowest BCUT2D eigenvalue weighted by atomic mass is 10.0. The molecule has 0 saturated carbocycles. The lowest BCUT2D eigenvalue weighted by Gasteiger charge is -2.18. The van der Waals surface area contributed by atoms with Crippen molar-refractivity contribution in [2.75, 3.05) is 0 Å². The largest absolute Gasteiger partial charge is 0.306 e. The Kier molecular flexibility index (Phi) is 5.47. The predicted molar refractivity (Wildman–Crippen MR) is 87.5 cm³/mol. The van der Waals surface area contributed by atoms with Crippen LogP contribution in [-0.4, -0.2) is 0 Å². The molecule has 3 heteroatoms. The minimum absolute atomic E-state index is 0.336. The fourth-order valence-electron chi connectivity index (χ4n) is 2.19. The molecule has 0 saturated heterocycles. The highest BCUT2D eigenvalue weighted by molar-refractivity contribution is 6.35. The van der Waals surface area contributed by atoms with Crippen LogP contribution in [-0.2, 0) is 6.54 Å². The molecule has 0 aliphatic carbocycles. The average molecular weight is 308 g/mol. The number of halogens is 2. The fourth-order valence-corrected chi connectivity index (χ4v) is 2.67. The number of nitrogens with one attached hydrogen (secondary N) is 1. The van der Waals surface area contributed by atoms with Gasteiger partial charge in [0.2, 0.25) is 0 Å². The summed E-state index contributed by atoms with van der Waals surface area (Å²) in [5.74, 6) is 0. The summed E-state index contributed by atoms with van der Waals surface area (Å²) in [5, 5.41) is 4.94. The van der Waals surface area contributed by atoms with E-state index in [9.17, 15) is 0 Å². The van der Waals surface area contributed by atoms with E-state index in [-0.39, 0.29) is 0 Å². The molecule has 1 unspecified atom stereocenters. The van der Waals surface area contributed by atoms with E-state index in [0.717, 1.165) is 18.5 Å². The number of hydrogen-bond donors (Lipinski definition) is 1. The van der Waals surface area contributed by atoms with Crippen molar-refractivity contribution < 1.29 is 0 Å². The molecule has 0 radical (unpaired) electrons. The average Bonchev–Trinajstić information content (AvgIpc) is 2.43. The van der Waals surface area contributed by atoms with Gasteiger partial charge in [-0.1, -0.05) is 66.0 Å². The standard InChI is InChI=1S/C17H19Cl2N/c1-3-17(13-6-4-12(2)5-7-13)20-11-14-8-9-15(18)10-16(14)19/h4-10,17,20H,3,11H2,1-2H3. The van der Waals surface area contributed by atoms with Gasteiger partial charge < -0.3 is 5.32 Å². The van der Waals surface area contributed by atoms with E-state index in [1.165, 1.54) is 11.1 Å². The Morgan fingerprint density at radius 2 is 1.75 bits per heavy atom. The third kappa shape index (κ3) is 3.99. The monoisotopic (exact) mass is 307 g/mol. The maximum Gasteiger partial charge on any atom is 0.0465 e. The molecule has 0 aliphatic rings. The number of aryl methyl sites for hydroxylation is 1. The van der Waals surface area contributed by atoms with E-state index in [1.807, 2.05) is 12.1 Å². The Balaban J connectivity index is 2.05. The number of benzene rings is 2. The summed E-state index contributed by atoms with van der Waals surface area (Å²) in [4.78, 5) is 0. The molecular formula is C17H19Cl2N. The van der Waals surface area contributed by atoms with Crippen LogP contribution < -0.4 is 5.32 Å². The highest BCUT2D eigenvalue weighted by Gasteiger charge is 2.09. The van der Waals surface area contributed by atoms with Gasteiger partial charge in [-0.05, 0) is 36.6 Å². The predicted octanol–water partition coefficient (Wildman–Crippen LogP) is 5.54. The van der Waals surface area contributed by atoms with Crippen molar-refractivity contribution >= 4 is 23.2 Å². The molecule has 106 valence electrons. The lowest BCUT2D eigenvalue weighted by molar-refractivity contribution is 0.519. The molecule has 0 aliphatic heterocycles. The van der Waals surface area contributed by atoms with Gasteiger partial charge in [0.05, 0.1) is 0 Å². The van der Waals surface area contributed by atoms with Crippen molar-refractivity contribution in [2.24, 2.45) is 0 Å². The zero-order valence-electron chi connectivity index (χ0n) is 11.8. The van der Waals surface area contributed by atoms with Gasteiger partial charge >= 0.3 is 0 Å². The molecule has 2 aromatic carbocycles. The summed E-state index contributed by atoms with van der Waals surface area (Å²) < 4.78 is 0. The first-order valence-electron chi connectivity index (χ1n) is 6.84. The second-order valence-electron chi connectivity index (χ2n) is 4.99. The molecule has 1 N–H and O–H groups in total. The van der Waals surface area contributed by atoms with Crippen LogP contribution in [0, 0.1) is 6.92 Å². The fraction of sp³-hybridized carbons (Fsp3) is 0.294. The SMILES string of the molecule is CCC(NCc1ccc(Cl)cc1Cl)c1ccc(C)cc1. The van der Waals surface area contributed by atoms with Crippen molar-refractivity contribution in [3.05, 3.63) is 69.2 Å². The van der Waals surface area contributed by atoms with E-state index in [1.54, 1.807) is 6.07 Å². The van der Waals surface area contributed by atoms with Crippen LogP contribution in [0.4, 0.5) is 0 Å². The summed E-state index contributed by atoms with van der Waals surface area (Å²) in [5.41, 5.74) is 3.66. The minimum atomic E-state index is 0.336. The van der Waals surface area contributed by atoms with Gasteiger partial charge in [0.25, 0.3) is 0 Å². The third-order valence-corrected chi connectivity index (χ3v) is 4.03. The maximum atomic E-state index is 6.20. The lowest BCUT2D eigenvalue weighted by Crippen LogP contribution is -2.20. The highest BCUT2D eigenvalue weighted by Crippen LogP contribution is 2.23. The minimum Gasteiger partial charge on any atom is -0.306 e. The molecule has 0 spiro atoms. The van der Waals surface area contributed by atoms with Gasteiger partial charge in [-0.25, -0.2) is 0 Å². The Labute approximate surface area is 130 Å². The molecule has 1 nitrogen and oxygen atoms in total. The van der Waals surface area contributed by atoms with Gasteiger partial charge in [-0.3, -0.25) is 0 Å². The smallest absolute Gasteiger partial charge is 0.0465 e. The Bertz CT molecular complexity index is 564. The van der Waals surface area contributed by atoms with Crippen LogP contribution in [0.25, 0.3) is 0 Å². The Morgan fingerprint density at radius 1 is 1.05 bits per heavy atom. The number of hydrogen-bond acceptors (Lipinski definition) is 1. The van der Waals surface area contributed by atoms with Crippen molar-refractivity contribution in [2.45, 2.75) is 32.9 Å². The summed E-state index contributed by atoms with van der Waals surface area (Å²) in [6.45, 7) is 5.02. The highest BCUT2D eigenvalue weighted by atomic mass is 35.5. The van der Waals surface area contributed by atoms with Crippen molar-refractivity contribution in [1.29, 1.82) is 0 Å². The van der Waals surface area contributed by atoms with E-state index in [2.05, 4.69) is 43.4 Å². The van der Waals surface area contributed by atoms with Crippen LogP contribution in [0.5, 0.6) is 0 Å². The maximum absolute atomic E-state index is 6.20.